The van der Waals surface area contributed by atoms with Gasteiger partial charge in [-0.2, -0.15) is 0 Å². The molecule has 3 nitrogen and oxygen atoms in total. The average Bonchev–Trinajstić information content (AvgIpc) is 3.79. The van der Waals surface area contributed by atoms with E-state index >= 15 is 0 Å². The van der Waals surface area contributed by atoms with Crippen LogP contribution in [0.25, 0.3) is 82.5 Å². The number of aromatic nitrogens is 1. The molecule has 9 aromatic carbocycles. The molecule has 11 aromatic rings. The second-order valence-electron chi connectivity index (χ2n) is 14.1. The summed E-state index contributed by atoms with van der Waals surface area (Å²) in [5.41, 5.74) is 13.2. The Hall–Kier alpha value is -7.36. The fraction of sp³-hybridized carbons (Fsp3) is 0. The Bertz CT molecular complexity index is 3140. The van der Waals surface area contributed by atoms with Gasteiger partial charge in [0.2, 0.25) is 0 Å². The largest absolute Gasteiger partial charge is 0.456 e. The van der Waals surface area contributed by atoms with Gasteiger partial charge in [0.05, 0.1) is 11.0 Å². The minimum Gasteiger partial charge on any atom is -0.456 e. The van der Waals surface area contributed by atoms with E-state index < -0.39 is 0 Å². The Kier molecular flexibility index (Phi) is 7.17. The summed E-state index contributed by atoms with van der Waals surface area (Å²) in [6.45, 7) is 0. The molecule has 0 N–H and O–H groups in total. The highest BCUT2D eigenvalue weighted by atomic mass is 16.3. The number of hydrogen-bond acceptors (Lipinski definition) is 2. The molecule has 0 saturated heterocycles. The minimum absolute atomic E-state index is 0.884. The highest BCUT2D eigenvalue weighted by Crippen LogP contribution is 2.47. The molecule has 0 spiro atoms. The van der Waals surface area contributed by atoms with Crippen molar-refractivity contribution in [2.75, 3.05) is 4.90 Å². The molecule has 0 aliphatic carbocycles. The van der Waals surface area contributed by atoms with Crippen LogP contribution in [0.15, 0.2) is 211 Å². The number of furan rings is 1. The van der Waals surface area contributed by atoms with E-state index in [2.05, 4.69) is 210 Å². The first kappa shape index (κ1) is 31.2. The van der Waals surface area contributed by atoms with Gasteiger partial charge >= 0.3 is 0 Å². The predicted molar refractivity (Wildman–Crippen MR) is 231 cm³/mol. The van der Waals surface area contributed by atoms with Crippen molar-refractivity contribution in [2.45, 2.75) is 0 Å². The molecular weight excluding hydrogens is 669 g/mol. The van der Waals surface area contributed by atoms with Gasteiger partial charge in [0, 0.05) is 55.9 Å². The molecule has 258 valence electrons. The Morgan fingerprint density at radius 1 is 0.364 bits per heavy atom. The third kappa shape index (κ3) is 5.13. The molecule has 0 saturated carbocycles. The van der Waals surface area contributed by atoms with Gasteiger partial charge in [-0.15, -0.1) is 0 Å². The van der Waals surface area contributed by atoms with E-state index in [0.717, 1.165) is 61.3 Å². The van der Waals surface area contributed by atoms with Crippen LogP contribution in [-0.4, -0.2) is 4.57 Å². The molecule has 0 unspecified atom stereocenters. The maximum absolute atomic E-state index is 6.65. The SMILES string of the molecule is c1ccc(-c2c3c(cc4c2c2cc(-c5ccc(N(c6ccccc6)c6ccccc6)cc5)ccc2n4-c2ccc4ccccc4c2)oc2ccccc23)cc1. The summed E-state index contributed by atoms with van der Waals surface area (Å²) in [4.78, 5) is 2.30. The monoisotopic (exact) mass is 702 g/mol. The summed E-state index contributed by atoms with van der Waals surface area (Å²) >= 11 is 0. The van der Waals surface area contributed by atoms with Crippen molar-refractivity contribution in [3.05, 3.63) is 206 Å². The standard InChI is InChI=1S/C52H34N2O/c1-4-15-37(16-5-1)50-51-45-33-39(36-24-28-42(29-25-36)53(40-18-6-2-7-19-40)41-20-8-3-9-21-41)27-31-46(45)54(43-30-26-35-14-10-11-17-38(35)32-43)47(51)34-49-52(50)44-22-12-13-23-48(44)55-49/h1-34H. The van der Waals surface area contributed by atoms with Gasteiger partial charge in [0.15, 0.2) is 0 Å². The lowest BCUT2D eigenvalue weighted by atomic mass is 9.93. The van der Waals surface area contributed by atoms with Crippen molar-refractivity contribution in [2.24, 2.45) is 0 Å². The van der Waals surface area contributed by atoms with Crippen LogP contribution < -0.4 is 4.90 Å². The summed E-state index contributed by atoms with van der Waals surface area (Å²) in [7, 11) is 0. The summed E-state index contributed by atoms with van der Waals surface area (Å²) in [6.07, 6.45) is 0. The summed E-state index contributed by atoms with van der Waals surface area (Å²) in [5, 5.41) is 7.11. The Morgan fingerprint density at radius 3 is 1.73 bits per heavy atom. The van der Waals surface area contributed by atoms with Gasteiger partial charge in [0.1, 0.15) is 11.2 Å². The number of nitrogens with zero attached hydrogens (tertiary/aromatic N) is 2. The molecule has 0 aliphatic heterocycles. The molecule has 2 aromatic heterocycles. The van der Waals surface area contributed by atoms with Crippen molar-refractivity contribution in [3.8, 4) is 27.9 Å². The maximum Gasteiger partial charge on any atom is 0.138 e. The fourth-order valence-electron chi connectivity index (χ4n) is 8.45. The van der Waals surface area contributed by atoms with E-state index in [1.165, 1.54) is 38.2 Å². The molecule has 0 bridgehead atoms. The van der Waals surface area contributed by atoms with Crippen LogP contribution >= 0.6 is 0 Å². The van der Waals surface area contributed by atoms with Gasteiger partial charge in [0.25, 0.3) is 0 Å². The van der Waals surface area contributed by atoms with Gasteiger partial charge in [-0.05, 0) is 94.2 Å². The first-order chi connectivity index (χ1) is 27.3. The van der Waals surface area contributed by atoms with E-state index in [0.29, 0.717) is 0 Å². The second kappa shape index (κ2) is 12.6. The van der Waals surface area contributed by atoms with Crippen LogP contribution in [0, 0.1) is 0 Å². The molecule has 11 rings (SSSR count). The van der Waals surface area contributed by atoms with Crippen molar-refractivity contribution < 1.29 is 4.42 Å². The van der Waals surface area contributed by atoms with Crippen LogP contribution in [0.5, 0.6) is 0 Å². The molecule has 0 amide bonds. The highest BCUT2D eigenvalue weighted by molar-refractivity contribution is 6.27. The molecule has 0 aliphatic rings. The number of fused-ring (bicyclic) bond motifs is 7. The lowest BCUT2D eigenvalue weighted by Gasteiger charge is -2.25. The average molecular weight is 703 g/mol. The second-order valence-corrected chi connectivity index (χ2v) is 14.1. The lowest BCUT2D eigenvalue weighted by Crippen LogP contribution is -2.09. The molecular formula is C52H34N2O. The number of anilines is 3. The molecule has 2 heterocycles. The van der Waals surface area contributed by atoms with E-state index in [9.17, 15) is 0 Å². The topological polar surface area (TPSA) is 21.3 Å². The van der Waals surface area contributed by atoms with Crippen LogP contribution in [-0.2, 0) is 0 Å². The zero-order valence-electron chi connectivity index (χ0n) is 29.9. The minimum atomic E-state index is 0.884. The first-order valence-corrected chi connectivity index (χ1v) is 18.8. The molecule has 0 atom stereocenters. The van der Waals surface area contributed by atoms with Crippen molar-refractivity contribution in [1.29, 1.82) is 0 Å². The smallest absolute Gasteiger partial charge is 0.138 e. The van der Waals surface area contributed by atoms with Gasteiger partial charge in [-0.25, -0.2) is 0 Å². The molecule has 0 radical (unpaired) electrons. The third-order valence-electron chi connectivity index (χ3n) is 10.9. The Labute approximate surface area is 318 Å². The molecule has 3 heteroatoms. The Morgan fingerprint density at radius 2 is 0.982 bits per heavy atom. The van der Waals surface area contributed by atoms with Gasteiger partial charge < -0.3 is 13.9 Å². The summed E-state index contributed by atoms with van der Waals surface area (Å²) in [6, 6.07) is 73.8. The molecule has 55 heavy (non-hydrogen) atoms. The number of hydrogen-bond donors (Lipinski definition) is 0. The maximum atomic E-state index is 6.65. The van der Waals surface area contributed by atoms with E-state index in [4.69, 9.17) is 4.42 Å². The number of benzene rings is 9. The quantitative estimate of drug-likeness (QED) is 0.172. The van der Waals surface area contributed by atoms with Crippen LogP contribution in [0.1, 0.15) is 0 Å². The first-order valence-electron chi connectivity index (χ1n) is 18.8. The summed E-state index contributed by atoms with van der Waals surface area (Å²) in [5.74, 6) is 0. The summed E-state index contributed by atoms with van der Waals surface area (Å²) < 4.78 is 9.07. The number of para-hydroxylation sites is 3. The predicted octanol–water partition coefficient (Wildman–Crippen LogP) is 14.6. The van der Waals surface area contributed by atoms with Crippen molar-refractivity contribution >= 4 is 71.6 Å². The zero-order chi connectivity index (χ0) is 36.3. The number of rotatable bonds is 6. The lowest BCUT2D eigenvalue weighted by molar-refractivity contribution is 0.669. The van der Waals surface area contributed by atoms with Crippen molar-refractivity contribution in [3.63, 3.8) is 0 Å². The van der Waals surface area contributed by atoms with Gasteiger partial charge in [-0.3, -0.25) is 0 Å². The van der Waals surface area contributed by atoms with Crippen molar-refractivity contribution in [1.82, 2.24) is 4.57 Å². The van der Waals surface area contributed by atoms with E-state index in [1.807, 2.05) is 6.07 Å². The van der Waals surface area contributed by atoms with Crippen LogP contribution in [0.3, 0.4) is 0 Å². The molecule has 0 fully saturated rings. The highest BCUT2D eigenvalue weighted by Gasteiger charge is 2.23. The third-order valence-corrected chi connectivity index (χ3v) is 10.9. The normalized spacial score (nSPS) is 11.6. The van der Waals surface area contributed by atoms with Crippen LogP contribution in [0.2, 0.25) is 0 Å². The van der Waals surface area contributed by atoms with E-state index in [-0.39, 0.29) is 0 Å². The van der Waals surface area contributed by atoms with Crippen LogP contribution in [0.4, 0.5) is 17.1 Å². The zero-order valence-corrected chi connectivity index (χ0v) is 29.9. The van der Waals surface area contributed by atoms with Gasteiger partial charge in [-0.1, -0.05) is 133 Å². The van der Waals surface area contributed by atoms with E-state index in [1.54, 1.807) is 0 Å². The fourth-order valence-corrected chi connectivity index (χ4v) is 8.45. The Balaban J connectivity index is 1.17.